The van der Waals surface area contributed by atoms with Gasteiger partial charge in [0.2, 0.25) is 5.76 Å². The summed E-state index contributed by atoms with van der Waals surface area (Å²) in [6.45, 7) is 4.22. The van der Waals surface area contributed by atoms with Crippen molar-refractivity contribution in [3.8, 4) is 0 Å². The molecule has 0 radical (unpaired) electrons. The van der Waals surface area contributed by atoms with Crippen LogP contribution in [-0.2, 0) is 6.54 Å². The summed E-state index contributed by atoms with van der Waals surface area (Å²) in [7, 11) is 0. The predicted octanol–water partition coefficient (Wildman–Crippen LogP) is 5.03. The average molecular weight is 413 g/mol. The van der Waals surface area contributed by atoms with E-state index in [9.17, 15) is 9.59 Å². The average Bonchev–Trinajstić information content (AvgIpc) is 3.19. The molecule has 8 heteroatoms. The molecule has 0 atom stereocenters. The Morgan fingerprint density at radius 1 is 1.07 bits per heavy atom. The van der Waals surface area contributed by atoms with Crippen molar-refractivity contribution < 1.29 is 14.1 Å². The molecule has 3 amide bonds. The van der Waals surface area contributed by atoms with Crippen LogP contribution < -0.4 is 16.0 Å². The zero-order chi connectivity index (χ0) is 20.8. The number of hydrogen-bond donors (Lipinski definition) is 3. The van der Waals surface area contributed by atoms with Crippen LogP contribution in [0, 0.1) is 0 Å². The van der Waals surface area contributed by atoms with E-state index in [0.29, 0.717) is 16.4 Å². The highest BCUT2D eigenvalue weighted by molar-refractivity contribution is 6.33. The van der Waals surface area contributed by atoms with Crippen molar-refractivity contribution in [2.75, 3.05) is 10.6 Å². The number of nitrogens with one attached hydrogen (secondary N) is 3. The van der Waals surface area contributed by atoms with Crippen LogP contribution in [-0.4, -0.2) is 17.1 Å². The van der Waals surface area contributed by atoms with Crippen molar-refractivity contribution in [2.24, 2.45) is 0 Å². The Bertz CT molecular complexity index is 1020. The first-order chi connectivity index (χ1) is 13.9. The number of carbonyl (C=O) groups is 2. The highest BCUT2D eigenvalue weighted by Crippen LogP contribution is 2.20. The van der Waals surface area contributed by atoms with Crippen LogP contribution in [0.1, 0.15) is 41.6 Å². The van der Waals surface area contributed by atoms with Gasteiger partial charge in [-0.2, -0.15) is 0 Å². The number of nitrogens with zero attached hydrogens (tertiary/aromatic N) is 1. The molecule has 3 N–H and O–H groups in total. The summed E-state index contributed by atoms with van der Waals surface area (Å²) in [5.41, 5.74) is 2.65. The van der Waals surface area contributed by atoms with Gasteiger partial charge in [0.1, 0.15) is 0 Å². The van der Waals surface area contributed by atoms with Crippen molar-refractivity contribution in [1.82, 2.24) is 10.5 Å². The maximum absolute atomic E-state index is 12.3. The second kappa shape index (κ2) is 9.25. The number of rotatable bonds is 6. The molecule has 0 aliphatic rings. The monoisotopic (exact) mass is 412 g/mol. The summed E-state index contributed by atoms with van der Waals surface area (Å²) in [4.78, 5) is 24.4. The number of benzene rings is 2. The molecule has 1 heterocycles. The van der Waals surface area contributed by atoms with E-state index < -0.39 is 0 Å². The van der Waals surface area contributed by atoms with E-state index in [1.807, 2.05) is 19.9 Å². The van der Waals surface area contributed by atoms with Crippen molar-refractivity contribution in [3.05, 3.63) is 76.6 Å². The van der Waals surface area contributed by atoms with Crippen molar-refractivity contribution in [3.63, 3.8) is 0 Å². The Morgan fingerprint density at radius 3 is 2.59 bits per heavy atom. The highest BCUT2D eigenvalue weighted by Gasteiger charge is 2.15. The Kier molecular flexibility index (Phi) is 6.51. The lowest BCUT2D eigenvalue weighted by Crippen LogP contribution is -2.28. The molecule has 29 heavy (non-hydrogen) atoms. The van der Waals surface area contributed by atoms with Gasteiger partial charge in [-0.25, -0.2) is 4.79 Å². The maximum Gasteiger partial charge on any atom is 0.319 e. The van der Waals surface area contributed by atoms with Crippen molar-refractivity contribution in [2.45, 2.75) is 26.3 Å². The van der Waals surface area contributed by atoms with E-state index in [0.717, 1.165) is 11.3 Å². The van der Waals surface area contributed by atoms with Gasteiger partial charge >= 0.3 is 6.03 Å². The minimum Gasteiger partial charge on any atom is -0.351 e. The minimum atomic E-state index is -0.383. The zero-order valence-electron chi connectivity index (χ0n) is 16.0. The SMILES string of the molecule is CC(C)c1cc(C(=O)Nc2cccc(CNC(=O)Nc3ccccc3Cl)c2)on1. The number of para-hydroxylation sites is 1. The lowest BCUT2D eigenvalue weighted by Gasteiger charge is -2.10. The third kappa shape index (κ3) is 5.58. The van der Waals surface area contributed by atoms with Gasteiger partial charge in [0.05, 0.1) is 16.4 Å². The topological polar surface area (TPSA) is 96.3 Å². The fourth-order valence-electron chi connectivity index (χ4n) is 2.53. The first kappa shape index (κ1) is 20.4. The Balaban J connectivity index is 1.57. The summed E-state index contributed by atoms with van der Waals surface area (Å²) in [5, 5.41) is 12.6. The number of hydrogen-bond acceptors (Lipinski definition) is 4. The van der Waals surface area contributed by atoms with Crippen LogP contribution in [0.15, 0.2) is 59.1 Å². The van der Waals surface area contributed by atoms with E-state index in [4.69, 9.17) is 16.1 Å². The molecule has 2 aromatic carbocycles. The fraction of sp³-hybridized carbons (Fsp3) is 0.190. The number of amides is 3. The van der Waals surface area contributed by atoms with Gasteiger partial charge in [-0.3, -0.25) is 4.79 Å². The van der Waals surface area contributed by atoms with Gasteiger partial charge in [-0.05, 0) is 35.7 Å². The number of aromatic nitrogens is 1. The van der Waals surface area contributed by atoms with Gasteiger partial charge in [0.25, 0.3) is 5.91 Å². The van der Waals surface area contributed by atoms with Crippen molar-refractivity contribution in [1.29, 1.82) is 0 Å². The normalized spacial score (nSPS) is 10.6. The van der Waals surface area contributed by atoms with E-state index in [1.165, 1.54) is 0 Å². The van der Waals surface area contributed by atoms with Gasteiger partial charge in [0, 0.05) is 18.3 Å². The number of anilines is 2. The molecule has 0 saturated heterocycles. The molecule has 0 spiro atoms. The van der Waals surface area contributed by atoms with E-state index in [-0.39, 0.29) is 30.2 Å². The standard InChI is InChI=1S/C21H21ClN4O3/c1-13(2)18-11-19(29-26-18)20(27)24-15-7-5-6-14(10-15)12-23-21(28)25-17-9-4-3-8-16(17)22/h3-11,13H,12H2,1-2H3,(H,24,27)(H2,23,25,28). The third-order valence-corrected chi connectivity index (χ3v) is 4.43. The zero-order valence-corrected chi connectivity index (χ0v) is 16.8. The van der Waals surface area contributed by atoms with Gasteiger partial charge in [-0.15, -0.1) is 0 Å². The van der Waals surface area contributed by atoms with Crippen LogP contribution in [0.2, 0.25) is 5.02 Å². The molecule has 3 aromatic rings. The number of urea groups is 1. The molecule has 0 aliphatic heterocycles. The van der Waals surface area contributed by atoms with E-state index >= 15 is 0 Å². The second-order valence-electron chi connectivity index (χ2n) is 6.71. The van der Waals surface area contributed by atoms with Gasteiger partial charge < -0.3 is 20.5 Å². The largest absolute Gasteiger partial charge is 0.351 e. The summed E-state index contributed by atoms with van der Waals surface area (Å²) in [6.07, 6.45) is 0. The predicted molar refractivity (Wildman–Crippen MR) is 112 cm³/mol. The lowest BCUT2D eigenvalue weighted by atomic mass is 10.1. The molecule has 0 fully saturated rings. The van der Waals surface area contributed by atoms with Crippen molar-refractivity contribution >= 4 is 34.9 Å². The summed E-state index contributed by atoms with van der Waals surface area (Å²) in [5.74, 6) is -0.0612. The molecule has 7 nitrogen and oxygen atoms in total. The number of carbonyl (C=O) groups excluding carboxylic acids is 2. The number of halogens is 1. The van der Waals surface area contributed by atoms with E-state index in [2.05, 4.69) is 21.1 Å². The molecule has 0 saturated carbocycles. The molecular formula is C21H21ClN4O3. The Labute approximate surface area is 173 Å². The Morgan fingerprint density at radius 2 is 1.86 bits per heavy atom. The maximum atomic E-state index is 12.3. The molecule has 1 aromatic heterocycles. The van der Waals surface area contributed by atoms with Gasteiger partial charge in [-0.1, -0.05) is 54.9 Å². The van der Waals surface area contributed by atoms with Crippen LogP contribution in [0.4, 0.5) is 16.2 Å². The van der Waals surface area contributed by atoms with Crippen LogP contribution in [0.3, 0.4) is 0 Å². The Hall–Kier alpha value is -3.32. The first-order valence-electron chi connectivity index (χ1n) is 9.08. The lowest BCUT2D eigenvalue weighted by molar-refractivity contribution is 0.0987. The quantitative estimate of drug-likeness (QED) is 0.529. The van der Waals surface area contributed by atoms with Crippen LogP contribution >= 0.6 is 11.6 Å². The second-order valence-corrected chi connectivity index (χ2v) is 7.12. The molecule has 150 valence electrons. The molecule has 0 aliphatic carbocycles. The van der Waals surface area contributed by atoms with E-state index in [1.54, 1.807) is 48.5 Å². The van der Waals surface area contributed by atoms with Crippen LogP contribution in [0.25, 0.3) is 0 Å². The molecular weight excluding hydrogens is 392 g/mol. The third-order valence-electron chi connectivity index (χ3n) is 4.10. The first-order valence-corrected chi connectivity index (χ1v) is 9.46. The molecule has 0 unspecified atom stereocenters. The summed E-state index contributed by atoms with van der Waals surface area (Å²) in [6, 6.07) is 15.4. The van der Waals surface area contributed by atoms with Gasteiger partial charge in [0.15, 0.2) is 0 Å². The van der Waals surface area contributed by atoms with Crippen LogP contribution in [0.5, 0.6) is 0 Å². The fourth-order valence-corrected chi connectivity index (χ4v) is 2.71. The molecule has 0 bridgehead atoms. The smallest absolute Gasteiger partial charge is 0.319 e. The summed E-state index contributed by atoms with van der Waals surface area (Å²) < 4.78 is 5.10. The minimum absolute atomic E-state index is 0.149. The summed E-state index contributed by atoms with van der Waals surface area (Å²) >= 11 is 6.03. The highest BCUT2D eigenvalue weighted by atomic mass is 35.5. The molecule has 3 rings (SSSR count).